The molecule has 9 heteroatoms. The van der Waals surface area contributed by atoms with Gasteiger partial charge in [0.15, 0.2) is 5.75 Å². The zero-order chi connectivity index (χ0) is 20.7. The van der Waals surface area contributed by atoms with Crippen LogP contribution < -0.4 is 14.8 Å². The highest BCUT2D eigenvalue weighted by Crippen LogP contribution is 2.30. The number of rotatable bonds is 8. The maximum absolute atomic E-state index is 12.5. The van der Waals surface area contributed by atoms with E-state index in [2.05, 4.69) is 5.32 Å². The lowest BCUT2D eigenvalue weighted by Crippen LogP contribution is -2.14. The molecule has 1 N–H and O–H groups in total. The number of esters is 1. The Balaban J connectivity index is 2.31. The summed E-state index contributed by atoms with van der Waals surface area (Å²) in [6.45, 7) is 4.00. The van der Waals surface area contributed by atoms with Crippen molar-refractivity contribution in [1.29, 1.82) is 0 Å². The fourth-order valence-corrected chi connectivity index (χ4v) is 2.41. The first-order valence-electron chi connectivity index (χ1n) is 8.49. The molecule has 28 heavy (non-hydrogen) atoms. The lowest BCUT2D eigenvalue weighted by Gasteiger charge is -2.13. The molecule has 0 unspecified atom stereocenters. The number of nitrogens with zero attached hydrogens (tertiary/aromatic N) is 1. The van der Waals surface area contributed by atoms with E-state index < -0.39 is 16.8 Å². The SMILES string of the molecule is CCOC(=O)c1ccc(NC(=O)c2ccc(OC)c([N+](=O)[O-])c2)c(OCC)c1. The number of benzene rings is 2. The monoisotopic (exact) mass is 388 g/mol. The lowest BCUT2D eigenvalue weighted by molar-refractivity contribution is -0.385. The molecule has 148 valence electrons. The van der Waals surface area contributed by atoms with E-state index in [1.807, 2.05) is 0 Å². The molecule has 0 spiro atoms. The van der Waals surface area contributed by atoms with Gasteiger partial charge in [0.05, 0.1) is 36.5 Å². The third-order valence-corrected chi connectivity index (χ3v) is 3.68. The van der Waals surface area contributed by atoms with Crippen LogP contribution in [-0.4, -0.2) is 37.1 Å². The normalized spacial score (nSPS) is 10.1. The fourth-order valence-electron chi connectivity index (χ4n) is 2.41. The number of nitro groups is 1. The average molecular weight is 388 g/mol. The molecule has 0 atom stereocenters. The van der Waals surface area contributed by atoms with Gasteiger partial charge in [-0.2, -0.15) is 0 Å². The minimum absolute atomic E-state index is 0.0512. The number of carbonyl (C=O) groups excluding carboxylic acids is 2. The number of anilines is 1. The molecule has 0 saturated carbocycles. The number of hydrogen-bond donors (Lipinski definition) is 1. The van der Waals surface area contributed by atoms with Crippen molar-refractivity contribution in [1.82, 2.24) is 0 Å². The quantitative estimate of drug-likeness (QED) is 0.418. The van der Waals surface area contributed by atoms with Gasteiger partial charge >= 0.3 is 11.7 Å². The Morgan fingerprint density at radius 1 is 1.04 bits per heavy atom. The van der Waals surface area contributed by atoms with Gasteiger partial charge in [-0.3, -0.25) is 14.9 Å². The van der Waals surface area contributed by atoms with Gasteiger partial charge in [0.25, 0.3) is 5.91 Å². The van der Waals surface area contributed by atoms with Crippen LogP contribution in [0.15, 0.2) is 36.4 Å². The van der Waals surface area contributed by atoms with Crippen LogP contribution in [0.3, 0.4) is 0 Å². The minimum Gasteiger partial charge on any atom is -0.492 e. The van der Waals surface area contributed by atoms with Gasteiger partial charge < -0.3 is 19.5 Å². The Bertz CT molecular complexity index is 896. The van der Waals surface area contributed by atoms with Gasteiger partial charge in [-0.05, 0) is 44.2 Å². The van der Waals surface area contributed by atoms with Gasteiger partial charge in [-0.15, -0.1) is 0 Å². The standard InChI is InChI=1S/C19H20N2O7/c1-4-27-17-11-13(19(23)28-5-2)6-8-14(17)20-18(22)12-7-9-16(26-3)15(10-12)21(24)25/h6-11H,4-5H2,1-3H3,(H,20,22). The van der Waals surface area contributed by atoms with Crippen LogP contribution in [0, 0.1) is 10.1 Å². The van der Waals surface area contributed by atoms with E-state index >= 15 is 0 Å². The van der Waals surface area contributed by atoms with E-state index in [1.54, 1.807) is 13.8 Å². The van der Waals surface area contributed by atoms with Crippen LogP contribution >= 0.6 is 0 Å². The summed E-state index contributed by atoms with van der Waals surface area (Å²) in [5.41, 5.74) is 0.351. The molecule has 0 radical (unpaired) electrons. The first kappa shape index (κ1) is 20.7. The van der Waals surface area contributed by atoms with Crippen molar-refractivity contribution in [2.24, 2.45) is 0 Å². The Labute approximate surface area is 161 Å². The predicted octanol–water partition coefficient (Wildman–Crippen LogP) is 3.43. The molecule has 0 aliphatic heterocycles. The zero-order valence-electron chi connectivity index (χ0n) is 15.7. The second-order valence-electron chi connectivity index (χ2n) is 5.46. The number of methoxy groups -OCH3 is 1. The molecule has 0 aliphatic rings. The third kappa shape index (κ3) is 4.76. The number of nitro benzene ring substituents is 1. The first-order valence-corrected chi connectivity index (χ1v) is 8.49. The number of carbonyl (C=O) groups is 2. The van der Waals surface area contributed by atoms with Crippen molar-refractivity contribution < 1.29 is 28.7 Å². The van der Waals surface area contributed by atoms with E-state index in [4.69, 9.17) is 14.2 Å². The predicted molar refractivity (Wildman–Crippen MR) is 101 cm³/mol. The summed E-state index contributed by atoms with van der Waals surface area (Å²) in [7, 11) is 1.31. The van der Waals surface area contributed by atoms with Gasteiger partial charge in [0.1, 0.15) is 5.75 Å². The zero-order valence-corrected chi connectivity index (χ0v) is 15.7. The summed E-state index contributed by atoms with van der Waals surface area (Å²) in [5.74, 6) is -0.748. The van der Waals surface area contributed by atoms with Gasteiger partial charge in [0, 0.05) is 11.6 Å². The summed E-state index contributed by atoms with van der Waals surface area (Å²) >= 11 is 0. The molecular formula is C19H20N2O7. The second-order valence-corrected chi connectivity index (χ2v) is 5.46. The molecule has 9 nitrogen and oxygen atoms in total. The summed E-state index contributed by atoms with van der Waals surface area (Å²) in [6, 6.07) is 8.35. The third-order valence-electron chi connectivity index (χ3n) is 3.68. The van der Waals surface area contributed by atoms with Crippen molar-refractivity contribution in [3.05, 3.63) is 57.6 Å². The molecule has 2 aromatic rings. The van der Waals surface area contributed by atoms with Crippen LogP contribution in [0.25, 0.3) is 0 Å². The molecule has 0 aliphatic carbocycles. The van der Waals surface area contributed by atoms with Crippen LogP contribution in [0.5, 0.6) is 11.5 Å². The molecule has 0 saturated heterocycles. The Hall–Kier alpha value is -3.62. The summed E-state index contributed by atoms with van der Waals surface area (Å²) in [4.78, 5) is 34.9. The number of ether oxygens (including phenoxy) is 3. The number of nitrogens with one attached hydrogen (secondary N) is 1. The van der Waals surface area contributed by atoms with Crippen molar-refractivity contribution in [3.63, 3.8) is 0 Å². The highest BCUT2D eigenvalue weighted by Gasteiger charge is 2.19. The highest BCUT2D eigenvalue weighted by atomic mass is 16.6. The van der Waals surface area contributed by atoms with E-state index in [9.17, 15) is 19.7 Å². The van der Waals surface area contributed by atoms with Gasteiger partial charge in [-0.25, -0.2) is 4.79 Å². The number of hydrogen-bond acceptors (Lipinski definition) is 7. The largest absolute Gasteiger partial charge is 0.492 e. The molecule has 1 amide bonds. The van der Waals surface area contributed by atoms with Crippen LogP contribution in [0.2, 0.25) is 0 Å². The Morgan fingerprint density at radius 3 is 2.36 bits per heavy atom. The maximum Gasteiger partial charge on any atom is 0.338 e. The molecule has 2 aromatic carbocycles. The number of amides is 1. The smallest absolute Gasteiger partial charge is 0.338 e. The highest BCUT2D eigenvalue weighted by molar-refractivity contribution is 6.06. The molecule has 0 aromatic heterocycles. The van der Waals surface area contributed by atoms with E-state index in [0.717, 1.165) is 6.07 Å². The Kier molecular flexibility index (Phi) is 6.91. The van der Waals surface area contributed by atoms with Crippen molar-refractivity contribution >= 4 is 23.3 Å². The van der Waals surface area contributed by atoms with Crippen molar-refractivity contribution in [2.45, 2.75) is 13.8 Å². The van der Waals surface area contributed by atoms with E-state index in [-0.39, 0.29) is 34.9 Å². The van der Waals surface area contributed by atoms with Gasteiger partial charge in [-0.1, -0.05) is 0 Å². The molecule has 0 fully saturated rings. The fraction of sp³-hybridized carbons (Fsp3) is 0.263. The van der Waals surface area contributed by atoms with E-state index in [1.165, 1.54) is 37.4 Å². The second kappa shape index (κ2) is 9.36. The molecular weight excluding hydrogens is 368 g/mol. The van der Waals surface area contributed by atoms with Crippen LogP contribution in [0.1, 0.15) is 34.6 Å². The van der Waals surface area contributed by atoms with Crippen molar-refractivity contribution in [3.8, 4) is 11.5 Å². The van der Waals surface area contributed by atoms with E-state index in [0.29, 0.717) is 12.3 Å². The lowest BCUT2D eigenvalue weighted by atomic mass is 10.1. The Morgan fingerprint density at radius 2 is 1.75 bits per heavy atom. The molecule has 0 bridgehead atoms. The van der Waals surface area contributed by atoms with Gasteiger partial charge in [0.2, 0.25) is 0 Å². The first-order chi connectivity index (χ1) is 13.4. The summed E-state index contributed by atoms with van der Waals surface area (Å²) in [5, 5.41) is 13.8. The summed E-state index contributed by atoms with van der Waals surface area (Å²) in [6.07, 6.45) is 0. The molecule has 2 rings (SSSR count). The maximum atomic E-state index is 12.5. The minimum atomic E-state index is -0.630. The van der Waals surface area contributed by atoms with Crippen LogP contribution in [0.4, 0.5) is 11.4 Å². The van der Waals surface area contributed by atoms with Crippen molar-refractivity contribution in [2.75, 3.05) is 25.6 Å². The topological polar surface area (TPSA) is 117 Å². The summed E-state index contributed by atoms with van der Waals surface area (Å²) < 4.78 is 15.4. The van der Waals surface area contributed by atoms with Crippen LogP contribution in [-0.2, 0) is 4.74 Å². The molecule has 0 heterocycles. The average Bonchev–Trinajstić information content (AvgIpc) is 2.68.